The average Bonchev–Trinajstić information content (AvgIpc) is 2.66. The number of carbonyl (C=O) groups excluding carboxylic acids is 1. The molecule has 0 aliphatic heterocycles. The third-order valence-corrected chi connectivity index (χ3v) is 4.07. The van der Waals surface area contributed by atoms with Crippen molar-refractivity contribution in [2.45, 2.75) is 6.54 Å². The standard InChI is InChI=1S/C13H8Cl2O2.C7H9NO/c14-12-5-4-11(7-13(12)15)17-10-3-1-2-9(6-10)8-16;8-5-6-3-1-2-4-7(6)9/h1-8H;1-4,9H,5,8H2. The van der Waals surface area contributed by atoms with Crippen molar-refractivity contribution >= 4 is 29.5 Å². The summed E-state index contributed by atoms with van der Waals surface area (Å²) in [6.45, 7) is 0.396. The van der Waals surface area contributed by atoms with Crippen LogP contribution in [0.2, 0.25) is 10.0 Å². The minimum Gasteiger partial charge on any atom is -0.508 e. The Hall–Kier alpha value is -2.53. The first-order valence-electron chi connectivity index (χ1n) is 7.68. The molecule has 0 bridgehead atoms. The summed E-state index contributed by atoms with van der Waals surface area (Å²) in [7, 11) is 0. The first-order valence-corrected chi connectivity index (χ1v) is 8.44. The van der Waals surface area contributed by atoms with Gasteiger partial charge in [-0.25, -0.2) is 0 Å². The molecule has 0 atom stereocenters. The van der Waals surface area contributed by atoms with E-state index in [1.165, 1.54) is 0 Å². The molecule has 3 aromatic carbocycles. The minimum absolute atomic E-state index is 0.278. The van der Waals surface area contributed by atoms with E-state index in [1.54, 1.807) is 60.7 Å². The number of carbonyl (C=O) groups is 1. The molecule has 26 heavy (non-hydrogen) atoms. The zero-order valence-corrected chi connectivity index (χ0v) is 15.2. The topological polar surface area (TPSA) is 72.5 Å². The van der Waals surface area contributed by atoms with E-state index >= 15 is 0 Å². The number of para-hydroxylation sites is 1. The van der Waals surface area contributed by atoms with Crippen molar-refractivity contribution in [3.8, 4) is 17.2 Å². The number of rotatable bonds is 4. The van der Waals surface area contributed by atoms with E-state index in [1.807, 2.05) is 6.07 Å². The fraction of sp³-hybridized carbons (Fsp3) is 0.0500. The number of nitrogens with two attached hydrogens (primary N) is 1. The van der Waals surface area contributed by atoms with E-state index < -0.39 is 0 Å². The Morgan fingerprint density at radius 3 is 2.27 bits per heavy atom. The summed E-state index contributed by atoms with van der Waals surface area (Å²) in [5, 5.41) is 9.93. The fourth-order valence-corrected chi connectivity index (χ4v) is 2.30. The average molecular weight is 390 g/mol. The summed E-state index contributed by atoms with van der Waals surface area (Å²) in [4.78, 5) is 10.6. The summed E-state index contributed by atoms with van der Waals surface area (Å²) in [6.07, 6.45) is 0.766. The molecule has 0 unspecified atom stereocenters. The summed E-state index contributed by atoms with van der Waals surface area (Å²) in [5.74, 6) is 1.43. The highest BCUT2D eigenvalue weighted by Gasteiger charge is 2.02. The molecule has 6 heteroatoms. The monoisotopic (exact) mass is 389 g/mol. The molecule has 0 radical (unpaired) electrons. The van der Waals surface area contributed by atoms with E-state index in [2.05, 4.69) is 0 Å². The van der Waals surface area contributed by atoms with Gasteiger partial charge >= 0.3 is 0 Å². The van der Waals surface area contributed by atoms with Crippen molar-refractivity contribution in [1.29, 1.82) is 0 Å². The summed E-state index contributed by atoms with van der Waals surface area (Å²) < 4.78 is 5.55. The Labute approximate surface area is 161 Å². The zero-order valence-electron chi connectivity index (χ0n) is 13.7. The molecule has 0 saturated carbocycles. The third-order valence-electron chi connectivity index (χ3n) is 3.33. The Morgan fingerprint density at radius 1 is 0.923 bits per heavy atom. The van der Waals surface area contributed by atoms with Crippen LogP contribution in [0.5, 0.6) is 17.2 Å². The third kappa shape index (κ3) is 5.77. The highest BCUT2D eigenvalue weighted by molar-refractivity contribution is 6.42. The Kier molecular flexibility index (Phi) is 7.48. The minimum atomic E-state index is 0.278. The predicted octanol–water partition coefficient (Wildman–Crippen LogP) is 5.45. The smallest absolute Gasteiger partial charge is 0.150 e. The van der Waals surface area contributed by atoms with Gasteiger partial charge in [0.1, 0.15) is 23.5 Å². The van der Waals surface area contributed by atoms with Gasteiger partial charge in [0.05, 0.1) is 10.0 Å². The van der Waals surface area contributed by atoms with Crippen LogP contribution in [-0.4, -0.2) is 11.4 Å². The Bertz CT molecular complexity index is 884. The van der Waals surface area contributed by atoms with Gasteiger partial charge in [-0.15, -0.1) is 0 Å². The second-order valence-electron chi connectivity index (χ2n) is 5.20. The van der Waals surface area contributed by atoms with Gasteiger partial charge in [0.25, 0.3) is 0 Å². The lowest BCUT2D eigenvalue weighted by Crippen LogP contribution is -1.95. The fourth-order valence-electron chi connectivity index (χ4n) is 2.01. The molecule has 0 amide bonds. The van der Waals surface area contributed by atoms with Gasteiger partial charge in [-0.3, -0.25) is 4.79 Å². The van der Waals surface area contributed by atoms with Gasteiger partial charge in [-0.1, -0.05) is 53.5 Å². The van der Waals surface area contributed by atoms with Crippen LogP contribution in [0, 0.1) is 0 Å². The molecule has 0 heterocycles. The van der Waals surface area contributed by atoms with E-state index in [0.717, 1.165) is 11.8 Å². The number of phenols is 1. The van der Waals surface area contributed by atoms with Crippen LogP contribution in [-0.2, 0) is 6.54 Å². The maximum absolute atomic E-state index is 10.6. The Balaban J connectivity index is 0.000000228. The maximum Gasteiger partial charge on any atom is 0.150 e. The predicted molar refractivity (Wildman–Crippen MR) is 104 cm³/mol. The number of ether oxygens (including phenoxy) is 1. The lowest BCUT2D eigenvalue weighted by molar-refractivity contribution is 0.112. The van der Waals surface area contributed by atoms with Crippen LogP contribution in [0.25, 0.3) is 0 Å². The molecule has 0 aliphatic rings. The molecule has 0 fully saturated rings. The molecular weight excluding hydrogens is 373 g/mol. The van der Waals surface area contributed by atoms with Crippen LogP contribution < -0.4 is 10.5 Å². The van der Waals surface area contributed by atoms with Gasteiger partial charge in [0.2, 0.25) is 0 Å². The summed E-state index contributed by atoms with van der Waals surface area (Å²) >= 11 is 11.7. The molecule has 0 spiro atoms. The van der Waals surface area contributed by atoms with E-state index in [4.69, 9.17) is 38.8 Å². The molecule has 134 valence electrons. The molecule has 3 rings (SSSR count). The normalized spacial score (nSPS) is 9.81. The van der Waals surface area contributed by atoms with Gasteiger partial charge in [0, 0.05) is 23.7 Å². The number of hydrogen-bond acceptors (Lipinski definition) is 4. The molecule has 3 N–H and O–H groups in total. The van der Waals surface area contributed by atoms with Crippen molar-refractivity contribution in [3.05, 3.63) is 87.9 Å². The second kappa shape index (κ2) is 9.82. The molecule has 4 nitrogen and oxygen atoms in total. The van der Waals surface area contributed by atoms with Crippen LogP contribution in [0.3, 0.4) is 0 Å². The highest BCUT2D eigenvalue weighted by atomic mass is 35.5. The number of hydrogen-bond donors (Lipinski definition) is 2. The molecule has 0 aliphatic carbocycles. The van der Waals surface area contributed by atoms with Crippen molar-refractivity contribution in [2.24, 2.45) is 5.73 Å². The van der Waals surface area contributed by atoms with E-state index in [0.29, 0.717) is 33.7 Å². The first-order chi connectivity index (χ1) is 12.5. The lowest BCUT2D eigenvalue weighted by atomic mass is 10.2. The first kappa shape index (κ1) is 19.8. The van der Waals surface area contributed by atoms with Gasteiger partial charge in [-0.05, 0) is 30.3 Å². The number of aldehydes is 1. The van der Waals surface area contributed by atoms with Gasteiger partial charge in [0.15, 0.2) is 0 Å². The SMILES string of the molecule is NCc1ccccc1O.O=Cc1cccc(Oc2ccc(Cl)c(Cl)c2)c1. The number of aromatic hydroxyl groups is 1. The van der Waals surface area contributed by atoms with Crippen LogP contribution >= 0.6 is 23.2 Å². The van der Waals surface area contributed by atoms with Crippen molar-refractivity contribution in [3.63, 3.8) is 0 Å². The zero-order chi connectivity index (χ0) is 18.9. The van der Waals surface area contributed by atoms with Gasteiger partial charge < -0.3 is 15.6 Å². The van der Waals surface area contributed by atoms with Gasteiger partial charge in [-0.2, -0.15) is 0 Å². The lowest BCUT2D eigenvalue weighted by Gasteiger charge is -2.06. The molecule has 0 aromatic heterocycles. The number of halogens is 2. The number of benzene rings is 3. The van der Waals surface area contributed by atoms with E-state index in [-0.39, 0.29) is 5.75 Å². The maximum atomic E-state index is 10.6. The van der Waals surface area contributed by atoms with Crippen LogP contribution in [0.1, 0.15) is 15.9 Å². The second-order valence-corrected chi connectivity index (χ2v) is 6.02. The quantitative estimate of drug-likeness (QED) is 0.581. The molecule has 0 saturated heterocycles. The summed E-state index contributed by atoms with van der Waals surface area (Å²) in [5.41, 5.74) is 6.64. The molecule has 3 aromatic rings. The van der Waals surface area contributed by atoms with Crippen molar-refractivity contribution in [1.82, 2.24) is 0 Å². The summed E-state index contributed by atoms with van der Waals surface area (Å²) in [6, 6.07) is 18.9. The Morgan fingerprint density at radius 2 is 1.65 bits per heavy atom. The van der Waals surface area contributed by atoms with Crippen molar-refractivity contribution in [2.75, 3.05) is 0 Å². The number of phenolic OH excluding ortho intramolecular Hbond substituents is 1. The largest absolute Gasteiger partial charge is 0.508 e. The van der Waals surface area contributed by atoms with Crippen LogP contribution in [0.15, 0.2) is 66.7 Å². The highest BCUT2D eigenvalue weighted by Crippen LogP contribution is 2.29. The van der Waals surface area contributed by atoms with Crippen molar-refractivity contribution < 1.29 is 14.6 Å². The molecular formula is C20H17Cl2NO3. The van der Waals surface area contributed by atoms with Crippen LogP contribution in [0.4, 0.5) is 0 Å². The van der Waals surface area contributed by atoms with E-state index in [9.17, 15) is 4.79 Å².